The van der Waals surface area contributed by atoms with Gasteiger partial charge in [-0.25, -0.2) is 9.78 Å². The van der Waals surface area contributed by atoms with Crippen molar-refractivity contribution in [3.05, 3.63) is 103 Å². The molecule has 0 aliphatic carbocycles. The van der Waals surface area contributed by atoms with E-state index in [0.717, 1.165) is 16.3 Å². The third-order valence-corrected chi connectivity index (χ3v) is 4.11. The van der Waals surface area contributed by atoms with Crippen molar-refractivity contribution in [3.8, 4) is 5.75 Å². The van der Waals surface area contributed by atoms with E-state index in [1.165, 1.54) is 0 Å². The molecule has 0 bridgehead atoms. The van der Waals surface area contributed by atoms with E-state index >= 15 is 0 Å². The summed E-state index contributed by atoms with van der Waals surface area (Å²) in [6.07, 6.45) is 5.15. The molecule has 0 amide bonds. The molecular weight excluding hydrogens is 324 g/mol. The summed E-state index contributed by atoms with van der Waals surface area (Å²) in [5, 5.41) is 2.13. The standard InChI is InChI=1S/C22H17N2O2/c25-22(26-20-11-10-18-8-4-5-9-19(18)14-20)21-16-24(13-12-23-21)15-17-6-2-1-3-7-17/h1-14,16H,15H2/q+1. The Bertz CT molecular complexity index is 1060. The second-order valence-corrected chi connectivity index (χ2v) is 6.00. The van der Waals surface area contributed by atoms with Crippen molar-refractivity contribution in [2.45, 2.75) is 6.54 Å². The minimum absolute atomic E-state index is 0.275. The zero-order valence-corrected chi connectivity index (χ0v) is 14.1. The van der Waals surface area contributed by atoms with Gasteiger partial charge in [0.05, 0.1) is 6.20 Å². The third-order valence-electron chi connectivity index (χ3n) is 4.11. The summed E-state index contributed by atoms with van der Waals surface area (Å²) < 4.78 is 7.41. The maximum atomic E-state index is 12.5. The van der Waals surface area contributed by atoms with Gasteiger partial charge >= 0.3 is 5.97 Å². The summed E-state index contributed by atoms with van der Waals surface area (Å²) >= 11 is 0. The average molecular weight is 341 g/mol. The van der Waals surface area contributed by atoms with Crippen molar-refractivity contribution in [2.75, 3.05) is 0 Å². The van der Waals surface area contributed by atoms with Crippen LogP contribution in [0, 0.1) is 0 Å². The first-order valence-electron chi connectivity index (χ1n) is 8.38. The number of carbonyl (C=O) groups is 1. The first-order chi connectivity index (χ1) is 12.8. The summed E-state index contributed by atoms with van der Waals surface area (Å²) in [7, 11) is 0. The molecule has 26 heavy (non-hydrogen) atoms. The molecule has 3 aromatic carbocycles. The molecule has 0 aliphatic rings. The van der Waals surface area contributed by atoms with Crippen molar-refractivity contribution >= 4 is 16.7 Å². The Labute approximate surface area is 151 Å². The smallest absolute Gasteiger partial charge is 0.368 e. The van der Waals surface area contributed by atoms with Crippen LogP contribution in [0.15, 0.2) is 91.4 Å². The summed E-state index contributed by atoms with van der Waals surface area (Å²) in [6.45, 7) is 0.666. The highest BCUT2D eigenvalue weighted by molar-refractivity contribution is 5.90. The van der Waals surface area contributed by atoms with Crippen LogP contribution in [0.1, 0.15) is 16.1 Å². The van der Waals surface area contributed by atoms with E-state index < -0.39 is 5.97 Å². The van der Waals surface area contributed by atoms with E-state index in [1.807, 2.05) is 77.5 Å². The summed E-state index contributed by atoms with van der Waals surface area (Å²) in [6, 6.07) is 23.6. The van der Waals surface area contributed by atoms with Crippen LogP contribution in [0.2, 0.25) is 0 Å². The minimum atomic E-state index is -0.470. The van der Waals surface area contributed by atoms with Gasteiger partial charge in [-0.1, -0.05) is 60.7 Å². The van der Waals surface area contributed by atoms with Crippen LogP contribution in [0.4, 0.5) is 0 Å². The predicted octanol–water partition coefficient (Wildman–Crippen LogP) is 3.79. The highest BCUT2D eigenvalue weighted by Gasteiger charge is 2.15. The van der Waals surface area contributed by atoms with Crippen LogP contribution in [0.5, 0.6) is 5.75 Å². The molecule has 0 saturated carbocycles. The molecule has 0 unspecified atom stereocenters. The molecule has 126 valence electrons. The quantitative estimate of drug-likeness (QED) is 0.322. The number of rotatable bonds is 4. The molecular formula is C22H17N2O2+. The van der Waals surface area contributed by atoms with E-state index in [2.05, 4.69) is 4.98 Å². The molecule has 4 aromatic rings. The highest BCUT2D eigenvalue weighted by atomic mass is 16.5. The highest BCUT2D eigenvalue weighted by Crippen LogP contribution is 2.21. The maximum Gasteiger partial charge on any atom is 0.368 e. The molecule has 1 heterocycles. The summed E-state index contributed by atoms with van der Waals surface area (Å²) in [5.74, 6) is 0.0386. The number of esters is 1. The van der Waals surface area contributed by atoms with Gasteiger partial charge in [-0.2, -0.15) is 4.57 Å². The first kappa shape index (κ1) is 16.0. The minimum Gasteiger partial charge on any atom is -0.422 e. The van der Waals surface area contributed by atoms with Gasteiger partial charge in [0.1, 0.15) is 5.75 Å². The molecule has 0 atom stereocenters. The molecule has 4 nitrogen and oxygen atoms in total. The molecule has 0 spiro atoms. The molecule has 4 heteroatoms. The van der Waals surface area contributed by atoms with E-state index in [-0.39, 0.29) is 5.69 Å². The molecule has 0 radical (unpaired) electrons. The van der Waals surface area contributed by atoms with Gasteiger partial charge in [-0.15, -0.1) is 0 Å². The third kappa shape index (κ3) is 3.59. The zero-order chi connectivity index (χ0) is 17.8. The second kappa shape index (κ2) is 7.15. The van der Waals surface area contributed by atoms with Crippen molar-refractivity contribution in [3.63, 3.8) is 0 Å². The van der Waals surface area contributed by atoms with E-state index in [0.29, 0.717) is 12.3 Å². The largest absolute Gasteiger partial charge is 0.422 e. The van der Waals surface area contributed by atoms with Gasteiger partial charge in [0.25, 0.3) is 0 Å². The number of carbonyl (C=O) groups excluding carboxylic acids is 1. The van der Waals surface area contributed by atoms with Crippen LogP contribution < -0.4 is 9.30 Å². The lowest BCUT2D eigenvalue weighted by molar-refractivity contribution is -0.689. The van der Waals surface area contributed by atoms with Crippen molar-refractivity contribution in [1.29, 1.82) is 0 Å². The molecule has 0 saturated heterocycles. The normalized spacial score (nSPS) is 10.6. The maximum absolute atomic E-state index is 12.5. The van der Waals surface area contributed by atoms with Crippen LogP contribution in [-0.2, 0) is 6.54 Å². The number of ether oxygens (including phenoxy) is 1. The number of fused-ring (bicyclic) bond motifs is 1. The number of nitrogens with zero attached hydrogens (tertiary/aromatic N) is 2. The van der Waals surface area contributed by atoms with Gasteiger partial charge in [0.2, 0.25) is 11.9 Å². The van der Waals surface area contributed by atoms with Crippen LogP contribution in [0.3, 0.4) is 0 Å². The van der Waals surface area contributed by atoms with Gasteiger partial charge in [0, 0.05) is 5.56 Å². The van der Waals surface area contributed by atoms with E-state index in [1.54, 1.807) is 18.5 Å². The molecule has 0 fully saturated rings. The van der Waals surface area contributed by atoms with Gasteiger partial charge in [-0.05, 0) is 22.9 Å². The molecule has 1 aromatic heterocycles. The van der Waals surface area contributed by atoms with Crippen LogP contribution >= 0.6 is 0 Å². The monoisotopic (exact) mass is 341 g/mol. The second-order valence-electron chi connectivity index (χ2n) is 6.00. The Morgan fingerprint density at radius 2 is 1.69 bits per heavy atom. The number of benzene rings is 3. The number of hydrogen-bond acceptors (Lipinski definition) is 3. The fourth-order valence-corrected chi connectivity index (χ4v) is 2.82. The topological polar surface area (TPSA) is 43.1 Å². The van der Waals surface area contributed by atoms with E-state index in [9.17, 15) is 4.79 Å². The molecule has 0 aliphatic heterocycles. The zero-order valence-electron chi connectivity index (χ0n) is 14.1. The first-order valence-corrected chi connectivity index (χ1v) is 8.38. The predicted molar refractivity (Wildman–Crippen MR) is 98.9 cm³/mol. The Morgan fingerprint density at radius 3 is 2.54 bits per heavy atom. The van der Waals surface area contributed by atoms with E-state index in [4.69, 9.17) is 4.74 Å². The van der Waals surface area contributed by atoms with Gasteiger partial charge in [0.15, 0.2) is 12.7 Å². The lowest BCUT2D eigenvalue weighted by Gasteiger charge is -2.05. The fraction of sp³-hybridized carbons (Fsp3) is 0.0455. The Morgan fingerprint density at radius 1 is 0.923 bits per heavy atom. The summed E-state index contributed by atoms with van der Waals surface area (Å²) in [5.41, 5.74) is 1.43. The molecule has 4 rings (SSSR count). The lowest BCUT2D eigenvalue weighted by atomic mass is 10.1. The summed E-state index contributed by atoms with van der Waals surface area (Å²) in [4.78, 5) is 16.6. The average Bonchev–Trinajstić information content (AvgIpc) is 2.69. The SMILES string of the molecule is O=C(Oc1ccc2ccccc2c1)c1c[n+](Cc2ccccc2)ccn1. The van der Waals surface area contributed by atoms with Gasteiger partial charge in [-0.3, -0.25) is 0 Å². The van der Waals surface area contributed by atoms with Crippen molar-refractivity contribution in [1.82, 2.24) is 4.98 Å². The van der Waals surface area contributed by atoms with Crippen molar-refractivity contribution in [2.24, 2.45) is 0 Å². The lowest BCUT2D eigenvalue weighted by Crippen LogP contribution is -2.35. The Balaban J connectivity index is 1.53. The Kier molecular flexibility index (Phi) is 4.39. The number of aromatic nitrogens is 2. The molecule has 0 N–H and O–H groups in total. The Hall–Kier alpha value is -3.53. The van der Waals surface area contributed by atoms with Crippen molar-refractivity contribution < 1.29 is 14.1 Å². The van der Waals surface area contributed by atoms with Crippen LogP contribution in [0.25, 0.3) is 10.8 Å². The van der Waals surface area contributed by atoms with Crippen LogP contribution in [-0.4, -0.2) is 11.0 Å². The van der Waals surface area contributed by atoms with Gasteiger partial charge < -0.3 is 4.74 Å². The fourth-order valence-electron chi connectivity index (χ4n) is 2.82. The number of hydrogen-bond donors (Lipinski definition) is 0.